The van der Waals surface area contributed by atoms with E-state index in [1.807, 2.05) is 12.1 Å². The molecule has 28 heavy (non-hydrogen) atoms. The highest BCUT2D eigenvalue weighted by atomic mass is 16.5. The number of benzene rings is 2. The van der Waals surface area contributed by atoms with Crippen molar-refractivity contribution in [3.63, 3.8) is 0 Å². The van der Waals surface area contributed by atoms with Gasteiger partial charge in [-0.2, -0.15) is 0 Å². The number of carbonyl (C=O) groups excluding carboxylic acids is 1. The van der Waals surface area contributed by atoms with Crippen LogP contribution in [0.2, 0.25) is 0 Å². The number of methoxy groups -OCH3 is 1. The molecule has 0 bridgehead atoms. The molecule has 0 spiro atoms. The largest absolute Gasteiger partial charge is 0.497 e. The fraction of sp³-hybridized carbons (Fsp3) is 0.375. The van der Waals surface area contributed by atoms with Gasteiger partial charge in [0, 0.05) is 43.0 Å². The number of aromatic nitrogens is 1. The van der Waals surface area contributed by atoms with Crippen molar-refractivity contribution in [2.75, 3.05) is 13.7 Å². The first-order valence-electron chi connectivity index (χ1n) is 10.1. The molecule has 0 saturated carbocycles. The first-order chi connectivity index (χ1) is 13.6. The number of nitrogens with zero attached hydrogens (tertiary/aromatic N) is 1. The van der Waals surface area contributed by atoms with Gasteiger partial charge in [0.05, 0.1) is 7.11 Å². The summed E-state index contributed by atoms with van der Waals surface area (Å²) in [7, 11) is 3.72. The number of aryl methyl sites for hydroxylation is 1. The molecule has 3 rings (SSSR count). The molecule has 0 fully saturated rings. The van der Waals surface area contributed by atoms with Crippen molar-refractivity contribution >= 4 is 16.8 Å². The zero-order chi connectivity index (χ0) is 19.9. The number of hydrogen-bond acceptors (Lipinski definition) is 2. The Hall–Kier alpha value is -2.75. The van der Waals surface area contributed by atoms with Crippen LogP contribution in [0.4, 0.5) is 0 Å². The lowest BCUT2D eigenvalue weighted by Crippen LogP contribution is -2.26. The highest BCUT2D eigenvalue weighted by Gasteiger charge is 2.22. The Morgan fingerprint density at radius 1 is 1.11 bits per heavy atom. The lowest BCUT2D eigenvalue weighted by Gasteiger charge is -2.18. The smallest absolute Gasteiger partial charge is 0.220 e. The summed E-state index contributed by atoms with van der Waals surface area (Å²) in [5.74, 6) is 0.928. The van der Waals surface area contributed by atoms with Gasteiger partial charge in [0.25, 0.3) is 0 Å². The van der Waals surface area contributed by atoms with Crippen molar-refractivity contribution in [3.05, 3.63) is 65.9 Å². The number of hydrogen-bond donors (Lipinski definition) is 1. The van der Waals surface area contributed by atoms with Crippen molar-refractivity contribution in [1.29, 1.82) is 0 Å². The molecule has 0 aliphatic heterocycles. The number of fused-ring (bicyclic) bond motifs is 1. The Morgan fingerprint density at radius 3 is 2.57 bits per heavy atom. The average Bonchev–Trinajstić information content (AvgIpc) is 3.06. The Bertz CT molecular complexity index is 912. The summed E-state index contributed by atoms with van der Waals surface area (Å²) in [4.78, 5) is 12.7. The summed E-state index contributed by atoms with van der Waals surface area (Å²) in [6.07, 6.45) is 5.92. The molecule has 0 saturated heterocycles. The minimum Gasteiger partial charge on any atom is -0.497 e. The van der Waals surface area contributed by atoms with Gasteiger partial charge >= 0.3 is 0 Å². The predicted molar refractivity (Wildman–Crippen MR) is 115 cm³/mol. The topological polar surface area (TPSA) is 43.3 Å². The standard InChI is InChI=1S/C24H30N2O2/c1-4-5-8-15-25-24(27)16-21(18-11-13-19(28-3)14-12-18)22-17-26(2)23-10-7-6-9-20(22)23/h6-7,9-14,17,21H,4-5,8,15-16H2,1-3H3,(H,25,27). The average molecular weight is 379 g/mol. The van der Waals surface area contributed by atoms with Gasteiger partial charge in [-0.15, -0.1) is 0 Å². The third-order valence-electron chi connectivity index (χ3n) is 5.31. The van der Waals surface area contributed by atoms with E-state index in [1.165, 1.54) is 16.5 Å². The van der Waals surface area contributed by atoms with Crippen molar-refractivity contribution < 1.29 is 9.53 Å². The van der Waals surface area contributed by atoms with E-state index in [0.29, 0.717) is 6.42 Å². The fourth-order valence-electron chi connectivity index (χ4n) is 3.75. The number of nitrogens with one attached hydrogen (secondary N) is 1. The molecule has 0 aliphatic rings. The van der Waals surface area contributed by atoms with E-state index in [9.17, 15) is 4.79 Å². The Morgan fingerprint density at radius 2 is 1.86 bits per heavy atom. The van der Waals surface area contributed by atoms with Gasteiger partial charge < -0.3 is 14.6 Å². The Labute approximate surface area is 167 Å². The van der Waals surface area contributed by atoms with Crippen LogP contribution in [0.5, 0.6) is 5.75 Å². The molecule has 3 aromatic rings. The monoisotopic (exact) mass is 378 g/mol. The second-order valence-electron chi connectivity index (χ2n) is 7.30. The van der Waals surface area contributed by atoms with Gasteiger partial charge in [-0.3, -0.25) is 4.79 Å². The molecule has 4 nitrogen and oxygen atoms in total. The van der Waals surface area contributed by atoms with Crippen LogP contribution in [-0.2, 0) is 11.8 Å². The lowest BCUT2D eigenvalue weighted by atomic mass is 9.88. The second-order valence-corrected chi connectivity index (χ2v) is 7.30. The van der Waals surface area contributed by atoms with E-state index < -0.39 is 0 Å². The van der Waals surface area contributed by atoms with Crippen LogP contribution in [0.25, 0.3) is 10.9 Å². The first kappa shape index (κ1) is 20.0. The molecule has 1 unspecified atom stereocenters. The highest BCUT2D eigenvalue weighted by molar-refractivity contribution is 5.86. The van der Waals surface area contributed by atoms with Crippen LogP contribution in [0.1, 0.15) is 49.7 Å². The van der Waals surface area contributed by atoms with Crippen LogP contribution in [0.3, 0.4) is 0 Å². The second kappa shape index (κ2) is 9.45. The summed E-state index contributed by atoms with van der Waals surface area (Å²) in [6.45, 7) is 2.92. The zero-order valence-corrected chi connectivity index (χ0v) is 17.1. The van der Waals surface area contributed by atoms with Crippen LogP contribution < -0.4 is 10.1 Å². The minimum atomic E-state index is 0.00295. The van der Waals surface area contributed by atoms with E-state index >= 15 is 0 Å². The normalized spacial score (nSPS) is 12.1. The third-order valence-corrected chi connectivity index (χ3v) is 5.31. The lowest BCUT2D eigenvalue weighted by molar-refractivity contribution is -0.121. The van der Waals surface area contributed by atoms with E-state index in [-0.39, 0.29) is 11.8 Å². The molecule has 148 valence electrons. The fourth-order valence-corrected chi connectivity index (χ4v) is 3.75. The maximum atomic E-state index is 12.7. The third kappa shape index (κ3) is 4.56. The van der Waals surface area contributed by atoms with Crippen LogP contribution in [-0.4, -0.2) is 24.1 Å². The molecule has 1 atom stereocenters. The van der Waals surface area contributed by atoms with Crippen LogP contribution in [0.15, 0.2) is 54.7 Å². The van der Waals surface area contributed by atoms with E-state index in [0.717, 1.165) is 37.1 Å². The first-order valence-corrected chi connectivity index (χ1v) is 10.1. The van der Waals surface area contributed by atoms with Crippen molar-refractivity contribution in [2.24, 2.45) is 7.05 Å². The number of para-hydroxylation sites is 1. The Kier molecular flexibility index (Phi) is 6.75. The van der Waals surface area contributed by atoms with Crippen molar-refractivity contribution in [1.82, 2.24) is 9.88 Å². The molecule has 1 aromatic heterocycles. The van der Waals surface area contributed by atoms with Gasteiger partial charge in [-0.05, 0) is 35.7 Å². The van der Waals surface area contributed by atoms with Gasteiger partial charge in [0.2, 0.25) is 5.91 Å². The molecule has 2 aromatic carbocycles. The summed E-state index contributed by atoms with van der Waals surface area (Å²) in [6, 6.07) is 16.4. The molecule has 0 radical (unpaired) electrons. The SMILES string of the molecule is CCCCCNC(=O)CC(c1ccc(OC)cc1)c1cn(C)c2ccccc12. The van der Waals surface area contributed by atoms with Gasteiger partial charge in [-0.1, -0.05) is 50.1 Å². The summed E-state index contributed by atoms with van der Waals surface area (Å²) in [5, 5.41) is 4.29. The molecule has 1 amide bonds. The zero-order valence-electron chi connectivity index (χ0n) is 17.1. The van der Waals surface area contributed by atoms with Gasteiger partial charge in [0.1, 0.15) is 5.75 Å². The quantitative estimate of drug-likeness (QED) is 0.532. The minimum absolute atomic E-state index is 0.00295. The number of ether oxygens (including phenoxy) is 1. The molecule has 1 N–H and O–H groups in total. The highest BCUT2D eigenvalue weighted by Crippen LogP contribution is 2.35. The molecule has 0 aliphatic carbocycles. The van der Waals surface area contributed by atoms with Crippen molar-refractivity contribution in [2.45, 2.75) is 38.5 Å². The molecule has 4 heteroatoms. The molecule has 1 heterocycles. The van der Waals surface area contributed by atoms with E-state index in [4.69, 9.17) is 4.74 Å². The number of amides is 1. The summed E-state index contributed by atoms with van der Waals surface area (Å²) in [5.41, 5.74) is 3.49. The van der Waals surface area contributed by atoms with Crippen molar-refractivity contribution in [3.8, 4) is 5.75 Å². The maximum Gasteiger partial charge on any atom is 0.220 e. The Balaban J connectivity index is 1.90. The maximum absolute atomic E-state index is 12.7. The van der Waals surface area contributed by atoms with E-state index in [2.05, 4.69) is 66.5 Å². The number of rotatable bonds is 9. The molecular weight excluding hydrogens is 348 g/mol. The molecular formula is C24H30N2O2. The van der Waals surface area contributed by atoms with Crippen LogP contribution >= 0.6 is 0 Å². The van der Waals surface area contributed by atoms with E-state index in [1.54, 1.807) is 7.11 Å². The summed E-state index contributed by atoms with van der Waals surface area (Å²) < 4.78 is 7.44. The van der Waals surface area contributed by atoms with Gasteiger partial charge in [0.15, 0.2) is 0 Å². The summed E-state index contributed by atoms with van der Waals surface area (Å²) >= 11 is 0. The predicted octanol–water partition coefficient (Wildman–Crippen LogP) is 5.02. The number of unbranched alkanes of at least 4 members (excludes halogenated alkanes) is 2. The van der Waals surface area contributed by atoms with Crippen LogP contribution in [0, 0.1) is 0 Å². The number of carbonyl (C=O) groups is 1. The van der Waals surface area contributed by atoms with Gasteiger partial charge in [-0.25, -0.2) is 0 Å².